The van der Waals surface area contributed by atoms with Crippen molar-refractivity contribution >= 4 is 28.5 Å². The molecule has 2 aromatic rings. The lowest BCUT2D eigenvalue weighted by atomic mass is 10.2. The SMILES string of the molecule is CCCNC(=O)NCc1cccc(-c2csc(N=C(N)N)n2)n1. The van der Waals surface area contributed by atoms with Gasteiger partial charge in [-0.05, 0) is 18.6 Å². The third-order valence-electron chi connectivity index (χ3n) is 2.75. The number of urea groups is 1. The van der Waals surface area contributed by atoms with E-state index in [1.165, 1.54) is 11.3 Å². The highest BCUT2D eigenvalue weighted by atomic mass is 32.1. The van der Waals surface area contributed by atoms with Gasteiger partial charge in [-0.15, -0.1) is 11.3 Å². The number of carbonyl (C=O) groups excluding carboxylic acids is 1. The molecule has 2 heterocycles. The van der Waals surface area contributed by atoms with E-state index in [0.29, 0.717) is 29.6 Å². The lowest BCUT2D eigenvalue weighted by molar-refractivity contribution is 0.240. The summed E-state index contributed by atoms with van der Waals surface area (Å²) in [5, 5.41) is 7.81. The molecule has 122 valence electrons. The average molecular weight is 333 g/mol. The minimum atomic E-state index is -0.206. The monoisotopic (exact) mass is 333 g/mol. The van der Waals surface area contributed by atoms with E-state index in [1.807, 2.05) is 30.5 Å². The quantitative estimate of drug-likeness (QED) is 0.467. The Balaban J connectivity index is 2.03. The molecule has 0 unspecified atom stereocenters. The van der Waals surface area contributed by atoms with Gasteiger partial charge in [0, 0.05) is 11.9 Å². The molecular formula is C14H19N7OS. The fourth-order valence-corrected chi connectivity index (χ4v) is 2.44. The summed E-state index contributed by atoms with van der Waals surface area (Å²) in [6.45, 7) is 2.98. The summed E-state index contributed by atoms with van der Waals surface area (Å²) >= 11 is 1.33. The van der Waals surface area contributed by atoms with Gasteiger partial charge in [0.05, 0.1) is 17.9 Å². The van der Waals surface area contributed by atoms with Crippen LogP contribution in [0.15, 0.2) is 28.6 Å². The zero-order valence-electron chi connectivity index (χ0n) is 12.7. The topological polar surface area (TPSA) is 131 Å². The molecule has 0 radical (unpaired) electrons. The number of carbonyl (C=O) groups is 1. The number of rotatable bonds is 6. The zero-order valence-corrected chi connectivity index (χ0v) is 13.6. The van der Waals surface area contributed by atoms with Crippen molar-refractivity contribution in [2.24, 2.45) is 16.5 Å². The normalized spacial score (nSPS) is 10.1. The number of nitrogens with two attached hydrogens (primary N) is 2. The number of hydrogen-bond acceptors (Lipinski definition) is 5. The van der Waals surface area contributed by atoms with Crippen molar-refractivity contribution < 1.29 is 4.79 Å². The number of guanidine groups is 1. The van der Waals surface area contributed by atoms with Crippen LogP contribution in [0.25, 0.3) is 11.4 Å². The van der Waals surface area contributed by atoms with Crippen LogP contribution in [0.1, 0.15) is 19.0 Å². The number of hydrogen-bond donors (Lipinski definition) is 4. The maximum atomic E-state index is 11.5. The van der Waals surface area contributed by atoms with Crippen LogP contribution in [-0.4, -0.2) is 28.5 Å². The molecule has 0 aliphatic rings. The minimum Gasteiger partial charge on any atom is -0.370 e. The van der Waals surface area contributed by atoms with Crippen molar-refractivity contribution in [3.63, 3.8) is 0 Å². The van der Waals surface area contributed by atoms with E-state index in [4.69, 9.17) is 11.5 Å². The van der Waals surface area contributed by atoms with Crippen LogP contribution >= 0.6 is 11.3 Å². The number of nitrogens with one attached hydrogen (secondary N) is 2. The number of nitrogens with zero attached hydrogens (tertiary/aromatic N) is 3. The largest absolute Gasteiger partial charge is 0.370 e. The summed E-state index contributed by atoms with van der Waals surface area (Å²) in [5.74, 6) is -0.0325. The van der Waals surface area contributed by atoms with Gasteiger partial charge in [-0.2, -0.15) is 4.99 Å². The Kier molecular flexibility index (Phi) is 5.87. The Morgan fingerprint density at radius 2 is 2.09 bits per heavy atom. The van der Waals surface area contributed by atoms with Gasteiger partial charge in [0.1, 0.15) is 5.69 Å². The van der Waals surface area contributed by atoms with Crippen LogP contribution in [0.2, 0.25) is 0 Å². The van der Waals surface area contributed by atoms with Crippen molar-refractivity contribution in [3.05, 3.63) is 29.3 Å². The fourth-order valence-electron chi connectivity index (χ4n) is 1.74. The molecule has 0 aliphatic heterocycles. The predicted octanol–water partition coefficient (Wildman–Crippen LogP) is 1.32. The molecule has 0 aromatic carbocycles. The Morgan fingerprint density at radius 1 is 1.26 bits per heavy atom. The first-order valence-corrected chi connectivity index (χ1v) is 7.99. The van der Waals surface area contributed by atoms with E-state index in [2.05, 4.69) is 25.6 Å². The van der Waals surface area contributed by atoms with Gasteiger partial charge < -0.3 is 22.1 Å². The second-order valence-electron chi connectivity index (χ2n) is 4.68. The number of aliphatic imine (C=N–C) groups is 1. The molecule has 2 rings (SSSR count). The molecule has 8 nitrogen and oxygen atoms in total. The molecule has 2 amide bonds. The number of aromatic nitrogens is 2. The van der Waals surface area contributed by atoms with E-state index >= 15 is 0 Å². The first kappa shape index (κ1) is 16.7. The summed E-state index contributed by atoms with van der Waals surface area (Å²) in [5.41, 5.74) is 12.8. The second-order valence-corrected chi connectivity index (χ2v) is 5.51. The molecule has 0 saturated heterocycles. The van der Waals surface area contributed by atoms with Gasteiger partial charge in [-0.3, -0.25) is 0 Å². The van der Waals surface area contributed by atoms with Crippen molar-refractivity contribution in [1.29, 1.82) is 0 Å². The molecule has 23 heavy (non-hydrogen) atoms. The third-order valence-corrected chi connectivity index (χ3v) is 3.49. The highest BCUT2D eigenvalue weighted by Gasteiger charge is 2.07. The van der Waals surface area contributed by atoms with Gasteiger partial charge in [0.25, 0.3) is 0 Å². The number of pyridine rings is 1. The number of amides is 2. The Morgan fingerprint density at radius 3 is 2.83 bits per heavy atom. The molecule has 0 spiro atoms. The number of thiazole rings is 1. The summed E-state index contributed by atoms with van der Waals surface area (Å²) in [7, 11) is 0. The van der Waals surface area contributed by atoms with Crippen molar-refractivity contribution in [3.8, 4) is 11.4 Å². The van der Waals surface area contributed by atoms with Gasteiger partial charge >= 0.3 is 6.03 Å². The molecule has 6 N–H and O–H groups in total. The van der Waals surface area contributed by atoms with Crippen LogP contribution in [0.3, 0.4) is 0 Å². The maximum Gasteiger partial charge on any atom is 0.315 e. The highest BCUT2D eigenvalue weighted by molar-refractivity contribution is 7.13. The predicted molar refractivity (Wildman–Crippen MR) is 91.3 cm³/mol. The van der Waals surface area contributed by atoms with E-state index in [9.17, 15) is 4.79 Å². The Hall–Kier alpha value is -2.68. The lowest BCUT2D eigenvalue weighted by Crippen LogP contribution is -2.35. The summed E-state index contributed by atoms with van der Waals surface area (Å²) < 4.78 is 0. The van der Waals surface area contributed by atoms with E-state index in [-0.39, 0.29) is 12.0 Å². The van der Waals surface area contributed by atoms with Crippen LogP contribution in [0, 0.1) is 0 Å². The Bertz CT molecular complexity index is 694. The van der Waals surface area contributed by atoms with Crippen LogP contribution in [0.4, 0.5) is 9.93 Å². The molecule has 0 atom stereocenters. The standard InChI is InChI=1S/C14H19N7OS/c1-2-6-17-13(22)18-7-9-4-3-5-10(19-9)11-8-23-14(20-11)21-12(15)16/h3-5,8H,2,6-7H2,1H3,(H2,17,18,22)(H4,15,16,20,21). The maximum absolute atomic E-state index is 11.5. The second kappa shape index (κ2) is 8.08. The average Bonchev–Trinajstić information content (AvgIpc) is 2.99. The molecule has 0 bridgehead atoms. The van der Waals surface area contributed by atoms with Gasteiger partial charge in [0.15, 0.2) is 5.96 Å². The molecule has 9 heteroatoms. The van der Waals surface area contributed by atoms with Crippen molar-refractivity contribution in [1.82, 2.24) is 20.6 Å². The van der Waals surface area contributed by atoms with Crippen molar-refractivity contribution in [2.75, 3.05) is 6.54 Å². The van der Waals surface area contributed by atoms with Crippen LogP contribution in [0.5, 0.6) is 0 Å². The molecule has 2 aromatic heterocycles. The van der Waals surface area contributed by atoms with E-state index in [1.54, 1.807) is 0 Å². The summed E-state index contributed by atoms with van der Waals surface area (Å²) in [6, 6.07) is 5.34. The molecular weight excluding hydrogens is 314 g/mol. The highest BCUT2D eigenvalue weighted by Crippen LogP contribution is 2.25. The van der Waals surface area contributed by atoms with Crippen molar-refractivity contribution in [2.45, 2.75) is 19.9 Å². The van der Waals surface area contributed by atoms with Gasteiger partial charge in [-0.1, -0.05) is 13.0 Å². The third kappa shape index (κ3) is 5.22. The lowest BCUT2D eigenvalue weighted by Gasteiger charge is -2.07. The Labute approximate surface area is 138 Å². The smallest absolute Gasteiger partial charge is 0.315 e. The molecule has 0 aliphatic carbocycles. The first-order valence-electron chi connectivity index (χ1n) is 7.11. The van der Waals surface area contributed by atoms with Crippen LogP contribution < -0.4 is 22.1 Å². The van der Waals surface area contributed by atoms with Crippen LogP contribution in [-0.2, 0) is 6.54 Å². The zero-order chi connectivity index (χ0) is 16.7. The van der Waals surface area contributed by atoms with E-state index in [0.717, 1.165) is 12.1 Å². The fraction of sp³-hybridized carbons (Fsp3) is 0.286. The minimum absolute atomic E-state index is 0.0325. The van der Waals surface area contributed by atoms with E-state index < -0.39 is 0 Å². The van der Waals surface area contributed by atoms with Gasteiger partial charge in [-0.25, -0.2) is 14.8 Å². The summed E-state index contributed by atoms with van der Waals surface area (Å²) in [4.78, 5) is 24.2. The molecule has 0 fully saturated rings. The summed E-state index contributed by atoms with van der Waals surface area (Å²) in [6.07, 6.45) is 0.892. The first-order chi connectivity index (χ1) is 11.1. The van der Waals surface area contributed by atoms with Gasteiger partial charge in [0.2, 0.25) is 5.13 Å². The molecule has 0 saturated carbocycles.